The van der Waals surface area contributed by atoms with Crippen molar-refractivity contribution in [2.24, 2.45) is 0 Å². The smallest absolute Gasteiger partial charge is 0.273 e. The van der Waals surface area contributed by atoms with Crippen LogP contribution in [0, 0.1) is 17.0 Å². The molecule has 1 amide bonds. The molecular weight excluding hydrogens is 358 g/mol. The summed E-state index contributed by atoms with van der Waals surface area (Å²) >= 11 is 0. The molecule has 0 unspecified atom stereocenters. The number of rotatable bonds is 7. The highest BCUT2D eigenvalue weighted by Gasteiger charge is 2.23. The van der Waals surface area contributed by atoms with E-state index in [-0.39, 0.29) is 16.1 Å². The van der Waals surface area contributed by atoms with E-state index in [9.17, 15) is 23.3 Å². The number of nitro benzene ring substituents is 1. The molecular formula is C17H19N3O5S. The minimum Gasteiger partial charge on any atom is -0.325 e. The number of carbonyl (C=O) groups excluding carboxylic acids is 1. The van der Waals surface area contributed by atoms with E-state index in [1.807, 2.05) is 13.0 Å². The maximum atomic E-state index is 12.4. The monoisotopic (exact) mass is 377 g/mol. The molecule has 8 nitrogen and oxygen atoms in total. The highest BCUT2D eigenvalue weighted by atomic mass is 32.2. The molecule has 0 fully saturated rings. The van der Waals surface area contributed by atoms with E-state index >= 15 is 0 Å². The zero-order valence-corrected chi connectivity index (χ0v) is 15.2. The molecule has 0 radical (unpaired) electrons. The molecule has 2 aromatic carbocycles. The SMILES string of the molecule is CCc1cccc(NC(=O)CNS(=O)(=O)c2cccc([N+](=O)[O-])c2C)c1. The van der Waals surface area contributed by atoms with Crippen LogP contribution in [-0.2, 0) is 21.2 Å². The lowest BCUT2D eigenvalue weighted by Crippen LogP contribution is -2.33. The maximum Gasteiger partial charge on any atom is 0.273 e. The number of hydrogen-bond donors (Lipinski definition) is 2. The summed E-state index contributed by atoms with van der Waals surface area (Å²) in [5, 5.41) is 13.6. The summed E-state index contributed by atoms with van der Waals surface area (Å²) in [7, 11) is -4.06. The Morgan fingerprint density at radius 2 is 1.88 bits per heavy atom. The molecule has 2 N–H and O–H groups in total. The molecule has 0 aliphatic rings. The maximum absolute atomic E-state index is 12.4. The van der Waals surface area contributed by atoms with Crippen LogP contribution in [-0.4, -0.2) is 25.8 Å². The van der Waals surface area contributed by atoms with Crippen LogP contribution < -0.4 is 10.0 Å². The van der Waals surface area contributed by atoms with Crippen LogP contribution in [0.5, 0.6) is 0 Å². The molecule has 138 valence electrons. The molecule has 0 bridgehead atoms. The van der Waals surface area contributed by atoms with Crippen LogP contribution in [0.3, 0.4) is 0 Å². The van der Waals surface area contributed by atoms with Crippen molar-refractivity contribution < 1.29 is 18.1 Å². The molecule has 0 heterocycles. The Morgan fingerprint density at radius 1 is 1.19 bits per heavy atom. The predicted octanol–water partition coefficient (Wildman–Crippen LogP) is 2.38. The minimum atomic E-state index is -4.06. The average Bonchev–Trinajstić information content (AvgIpc) is 2.60. The summed E-state index contributed by atoms with van der Waals surface area (Å²) in [6, 6.07) is 11.0. The van der Waals surface area contributed by atoms with Gasteiger partial charge in [0, 0.05) is 17.3 Å². The summed E-state index contributed by atoms with van der Waals surface area (Å²) < 4.78 is 26.9. The molecule has 0 spiro atoms. The minimum absolute atomic E-state index is 0.0149. The summed E-state index contributed by atoms with van der Waals surface area (Å²) in [6.07, 6.45) is 0.808. The lowest BCUT2D eigenvalue weighted by atomic mass is 10.1. The van der Waals surface area contributed by atoms with Gasteiger partial charge in [-0.2, -0.15) is 0 Å². The molecule has 0 atom stereocenters. The van der Waals surface area contributed by atoms with Crippen LogP contribution in [0.4, 0.5) is 11.4 Å². The van der Waals surface area contributed by atoms with E-state index in [0.29, 0.717) is 5.69 Å². The Labute approximate surface area is 151 Å². The number of sulfonamides is 1. The van der Waals surface area contributed by atoms with Crippen LogP contribution in [0.15, 0.2) is 47.4 Å². The second kappa shape index (κ2) is 8.07. The van der Waals surface area contributed by atoms with Crippen molar-refractivity contribution in [3.8, 4) is 0 Å². The Bertz CT molecular complexity index is 941. The highest BCUT2D eigenvalue weighted by molar-refractivity contribution is 7.89. The standard InChI is InChI=1S/C17H19N3O5S/c1-3-13-6-4-7-14(10-13)19-17(21)11-18-26(24,25)16-9-5-8-15(12(16)2)20(22)23/h4-10,18H,3,11H2,1-2H3,(H,19,21). The van der Waals surface area contributed by atoms with E-state index in [1.165, 1.54) is 25.1 Å². The lowest BCUT2D eigenvalue weighted by molar-refractivity contribution is -0.385. The number of carbonyl (C=O) groups is 1. The molecule has 0 aliphatic heterocycles. The van der Waals surface area contributed by atoms with Crippen LogP contribution in [0.2, 0.25) is 0 Å². The zero-order chi connectivity index (χ0) is 19.3. The topological polar surface area (TPSA) is 118 Å². The Morgan fingerprint density at radius 3 is 2.54 bits per heavy atom. The molecule has 0 aromatic heterocycles. The summed E-state index contributed by atoms with van der Waals surface area (Å²) in [4.78, 5) is 22.1. The Hall–Kier alpha value is -2.78. The van der Waals surface area contributed by atoms with E-state index in [4.69, 9.17) is 0 Å². The first-order valence-corrected chi connectivity index (χ1v) is 9.35. The number of nitrogens with one attached hydrogen (secondary N) is 2. The highest BCUT2D eigenvalue weighted by Crippen LogP contribution is 2.24. The first-order valence-electron chi connectivity index (χ1n) is 7.87. The summed E-state index contributed by atoms with van der Waals surface area (Å²) in [5.41, 5.74) is 1.32. The molecule has 26 heavy (non-hydrogen) atoms. The second-order valence-corrected chi connectivity index (χ2v) is 7.32. The van der Waals surface area contributed by atoms with Gasteiger partial charge in [0.1, 0.15) is 0 Å². The lowest BCUT2D eigenvalue weighted by Gasteiger charge is -2.10. The third-order valence-corrected chi connectivity index (χ3v) is 5.33. The van der Waals surface area contributed by atoms with Crippen molar-refractivity contribution >= 4 is 27.3 Å². The van der Waals surface area contributed by atoms with Gasteiger partial charge < -0.3 is 5.32 Å². The van der Waals surface area contributed by atoms with Crippen molar-refractivity contribution in [3.63, 3.8) is 0 Å². The first kappa shape index (κ1) is 19.5. The number of anilines is 1. The number of aryl methyl sites for hydroxylation is 1. The molecule has 0 saturated carbocycles. The van der Waals surface area contributed by atoms with Gasteiger partial charge in [-0.3, -0.25) is 14.9 Å². The van der Waals surface area contributed by atoms with Gasteiger partial charge in [0.15, 0.2) is 0 Å². The fourth-order valence-corrected chi connectivity index (χ4v) is 3.65. The van der Waals surface area contributed by atoms with Crippen LogP contribution >= 0.6 is 0 Å². The first-order chi connectivity index (χ1) is 12.2. The summed E-state index contributed by atoms with van der Waals surface area (Å²) in [6.45, 7) is 2.85. The Kier molecular flexibility index (Phi) is 6.06. The third kappa shape index (κ3) is 4.64. The second-order valence-electron chi connectivity index (χ2n) is 5.58. The van der Waals surface area contributed by atoms with Crippen molar-refractivity contribution in [1.82, 2.24) is 4.72 Å². The van der Waals surface area contributed by atoms with Gasteiger partial charge in [-0.15, -0.1) is 0 Å². The fourth-order valence-electron chi connectivity index (χ4n) is 2.40. The van der Waals surface area contributed by atoms with E-state index in [0.717, 1.165) is 12.0 Å². The largest absolute Gasteiger partial charge is 0.325 e. The average molecular weight is 377 g/mol. The van der Waals surface area contributed by atoms with Gasteiger partial charge in [-0.05, 0) is 37.1 Å². The number of benzene rings is 2. The van der Waals surface area contributed by atoms with Crippen molar-refractivity contribution in [3.05, 3.63) is 63.7 Å². The van der Waals surface area contributed by atoms with Gasteiger partial charge in [0.25, 0.3) is 5.69 Å². The quantitative estimate of drug-likeness (QED) is 0.567. The van der Waals surface area contributed by atoms with Crippen molar-refractivity contribution in [1.29, 1.82) is 0 Å². The molecule has 2 aromatic rings. The molecule has 9 heteroatoms. The van der Waals surface area contributed by atoms with Gasteiger partial charge in [-0.25, -0.2) is 13.1 Å². The van der Waals surface area contributed by atoms with Crippen LogP contribution in [0.1, 0.15) is 18.1 Å². The van der Waals surface area contributed by atoms with Crippen molar-refractivity contribution in [2.45, 2.75) is 25.2 Å². The number of nitrogens with zero attached hydrogens (tertiary/aromatic N) is 1. The molecule has 2 rings (SSSR count). The molecule has 0 aliphatic carbocycles. The normalized spacial score (nSPS) is 11.2. The predicted molar refractivity (Wildman–Crippen MR) is 97.5 cm³/mol. The number of nitro groups is 1. The third-order valence-electron chi connectivity index (χ3n) is 3.78. The van der Waals surface area contributed by atoms with E-state index < -0.39 is 27.4 Å². The van der Waals surface area contributed by atoms with Gasteiger partial charge >= 0.3 is 0 Å². The van der Waals surface area contributed by atoms with E-state index in [2.05, 4.69) is 10.0 Å². The van der Waals surface area contributed by atoms with Gasteiger partial charge in [0.05, 0.1) is 16.4 Å². The van der Waals surface area contributed by atoms with Crippen LogP contribution in [0.25, 0.3) is 0 Å². The zero-order valence-electron chi connectivity index (χ0n) is 14.4. The van der Waals surface area contributed by atoms with Crippen molar-refractivity contribution in [2.75, 3.05) is 11.9 Å². The summed E-state index contributed by atoms with van der Waals surface area (Å²) in [5.74, 6) is -0.537. The number of amides is 1. The Balaban J connectivity index is 2.09. The number of hydrogen-bond acceptors (Lipinski definition) is 5. The van der Waals surface area contributed by atoms with Gasteiger partial charge in [-0.1, -0.05) is 25.1 Å². The fraction of sp³-hybridized carbons (Fsp3) is 0.235. The van der Waals surface area contributed by atoms with Gasteiger partial charge in [0.2, 0.25) is 15.9 Å². The molecule has 0 saturated heterocycles. The van der Waals surface area contributed by atoms with E-state index in [1.54, 1.807) is 18.2 Å².